The van der Waals surface area contributed by atoms with Crippen molar-refractivity contribution in [2.45, 2.75) is 6.92 Å². The summed E-state index contributed by atoms with van der Waals surface area (Å²) in [6, 6.07) is 9.11. The first-order valence-corrected chi connectivity index (χ1v) is 8.95. The lowest BCUT2D eigenvalue weighted by atomic mass is 10.2. The highest BCUT2D eigenvalue weighted by molar-refractivity contribution is 7.93. The van der Waals surface area contributed by atoms with Gasteiger partial charge in [-0.15, -0.1) is 0 Å². The Morgan fingerprint density at radius 1 is 1.21 bits per heavy atom. The summed E-state index contributed by atoms with van der Waals surface area (Å²) in [5, 5.41) is -0.172. The number of carbonyl (C=O) groups is 1. The molecule has 2 aromatic carbocycles. The standard InChI is InChI=1S/C16H15ClFNO4S/c1-3-24(21,22)19(15-9-6-12(18)10-14(15)17)16(20)11-4-7-13(23-2)8-5-11/h4-10H,3H2,1-2H3. The van der Waals surface area contributed by atoms with Crippen LogP contribution in [0.1, 0.15) is 17.3 Å². The van der Waals surface area contributed by atoms with E-state index in [1.165, 1.54) is 38.3 Å². The van der Waals surface area contributed by atoms with Crippen LogP contribution in [-0.2, 0) is 10.0 Å². The molecule has 1 amide bonds. The largest absolute Gasteiger partial charge is 0.497 e. The molecule has 0 aliphatic carbocycles. The minimum Gasteiger partial charge on any atom is -0.497 e. The van der Waals surface area contributed by atoms with E-state index in [2.05, 4.69) is 0 Å². The molecular formula is C16H15ClFNO4S. The maximum absolute atomic E-state index is 13.2. The molecule has 0 aromatic heterocycles. The fourth-order valence-corrected chi connectivity index (χ4v) is 3.39. The van der Waals surface area contributed by atoms with Gasteiger partial charge in [-0.05, 0) is 49.4 Å². The maximum Gasteiger partial charge on any atom is 0.272 e. The Morgan fingerprint density at radius 2 is 1.83 bits per heavy atom. The highest BCUT2D eigenvalue weighted by Crippen LogP contribution is 2.30. The molecule has 0 unspecified atom stereocenters. The number of anilines is 1. The number of benzene rings is 2. The molecule has 0 fully saturated rings. The van der Waals surface area contributed by atoms with Crippen molar-refractivity contribution in [3.05, 3.63) is 58.9 Å². The van der Waals surface area contributed by atoms with Gasteiger partial charge in [0.05, 0.1) is 23.6 Å². The van der Waals surface area contributed by atoms with Gasteiger partial charge < -0.3 is 4.74 Å². The Hall–Kier alpha value is -2.12. The molecule has 24 heavy (non-hydrogen) atoms. The molecular weight excluding hydrogens is 357 g/mol. The predicted octanol–water partition coefficient (Wildman–Crippen LogP) is 3.48. The van der Waals surface area contributed by atoms with Crippen LogP contribution in [0.25, 0.3) is 0 Å². The Morgan fingerprint density at radius 3 is 2.33 bits per heavy atom. The topological polar surface area (TPSA) is 63.7 Å². The van der Waals surface area contributed by atoms with Gasteiger partial charge in [0.25, 0.3) is 5.91 Å². The monoisotopic (exact) mass is 371 g/mol. The number of sulfonamides is 1. The first-order chi connectivity index (χ1) is 11.3. The second-order valence-corrected chi connectivity index (χ2v) is 7.31. The molecule has 128 valence electrons. The number of carbonyl (C=O) groups excluding carboxylic acids is 1. The van der Waals surface area contributed by atoms with Crippen molar-refractivity contribution < 1.29 is 22.3 Å². The number of amides is 1. The first kappa shape index (κ1) is 18.2. The first-order valence-electron chi connectivity index (χ1n) is 6.96. The molecule has 2 rings (SSSR count). The highest BCUT2D eigenvalue weighted by atomic mass is 35.5. The van der Waals surface area contributed by atoms with Gasteiger partial charge in [-0.1, -0.05) is 11.6 Å². The lowest BCUT2D eigenvalue weighted by Gasteiger charge is -2.23. The predicted molar refractivity (Wildman–Crippen MR) is 90.7 cm³/mol. The smallest absolute Gasteiger partial charge is 0.272 e. The van der Waals surface area contributed by atoms with Gasteiger partial charge in [-0.25, -0.2) is 17.1 Å². The molecule has 0 aliphatic rings. The van der Waals surface area contributed by atoms with Crippen LogP contribution < -0.4 is 9.04 Å². The van der Waals surface area contributed by atoms with Gasteiger partial charge in [0, 0.05) is 5.56 Å². The number of rotatable bonds is 5. The minimum atomic E-state index is -3.97. The Balaban J connectivity index is 2.56. The van der Waals surface area contributed by atoms with Gasteiger partial charge in [0.2, 0.25) is 10.0 Å². The summed E-state index contributed by atoms with van der Waals surface area (Å²) in [6.07, 6.45) is 0. The van der Waals surface area contributed by atoms with Crippen LogP contribution in [0.3, 0.4) is 0 Å². The number of methoxy groups -OCH3 is 1. The lowest BCUT2D eigenvalue weighted by Crippen LogP contribution is -2.38. The average Bonchev–Trinajstić information content (AvgIpc) is 2.57. The van der Waals surface area contributed by atoms with Gasteiger partial charge in [-0.3, -0.25) is 4.79 Å². The molecule has 0 N–H and O–H groups in total. The van der Waals surface area contributed by atoms with Crippen molar-refractivity contribution in [2.24, 2.45) is 0 Å². The van der Waals surface area contributed by atoms with E-state index in [0.717, 1.165) is 18.2 Å². The molecule has 0 spiro atoms. The number of halogens is 2. The van der Waals surface area contributed by atoms with Crippen molar-refractivity contribution in [1.82, 2.24) is 0 Å². The third-order valence-electron chi connectivity index (χ3n) is 3.29. The van der Waals surface area contributed by atoms with E-state index in [1.54, 1.807) is 0 Å². The summed E-state index contributed by atoms with van der Waals surface area (Å²) in [7, 11) is -2.49. The minimum absolute atomic E-state index is 0.0965. The van der Waals surface area contributed by atoms with Crippen LogP contribution in [0.15, 0.2) is 42.5 Å². The van der Waals surface area contributed by atoms with Gasteiger partial charge >= 0.3 is 0 Å². The van der Waals surface area contributed by atoms with Gasteiger partial charge in [-0.2, -0.15) is 0 Å². The van der Waals surface area contributed by atoms with Crippen molar-refractivity contribution in [3.63, 3.8) is 0 Å². The number of hydrogen-bond donors (Lipinski definition) is 0. The van der Waals surface area contributed by atoms with E-state index < -0.39 is 21.7 Å². The van der Waals surface area contributed by atoms with Crippen molar-refractivity contribution in [3.8, 4) is 5.75 Å². The summed E-state index contributed by atoms with van der Waals surface area (Å²) in [4.78, 5) is 12.7. The Bertz CT molecular complexity index is 853. The van der Waals surface area contributed by atoms with E-state index in [9.17, 15) is 17.6 Å². The molecule has 0 heterocycles. The molecule has 0 bridgehead atoms. The summed E-state index contributed by atoms with van der Waals surface area (Å²) in [6.45, 7) is 1.40. The third-order valence-corrected chi connectivity index (χ3v) is 5.24. The molecule has 5 nitrogen and oxygen atoms in total. The van der Waals surface area contributed by atoms with Crippen LogP contribution in [-0.4, -0.2) is 27.2 Å². The molecule has 2 aromatic rings. The van der Waals surface area contributed by atoms with Crippen LogP contribution in [0.4, 0.5) is 10.1 Å². The average molecular weight is 372 g/mol. The Kier molecular flexibility index (Phi) is 5.46. The zero-order chi connectivity index (χ0) is 17.9. The van der Waals surface area contributed by atoms with Crippen LogP contribution in [0, 0.1) is 5.82 Å². The van der Waals surface area contributed by atoms with Crippen molar-refractivity contribution in [1.29, 1.82) is 0 Å². The highest BCUT2D eigenvalue weighted by Gasteiger charge is 2.30. The summed E-state index contributed by atoms with van der Waals surface area (Å²) >= 11 is 5.95. The fourth-order valence-electron chi connectivity index (χ4n) is 2.01. The van der Waals surface area contributed by atoms with Crippen LogP contribution in [0.2, 0.25) is 5.02 Å². The molecule has 8 heteroatoms. The van der Waals surface area contributed by atoms with E-state index in [-0.39, 0.29) is 22.0 Å². The third kappa shape index (κ3) is 3.68. The molecule has 0 aliphatic heterocycles. The quantitative estimate of drug-likeness (QED) is 0.807. The van der Waals surface area contributed by atoms with E-state index in [0.29, 0.717) is 10.1 Å². The summed E-state index contributed by atoms with van der Waals surface area (Å²) in [5.41, 5.74) is 0.0361. The SMILES string of the molecule is CCS(=O)(=O)N(C(=O)c1ccc(OC)cc1)c1ccc(F)cc1Cl. The molecule has 0 atom stereocenters. The van der Waals surface area contributed by atoms with Crippen molar-refractivity contribution >= 4 is 33.2 Å². The lowest BCUT2D eigenvalue weighted by molar-refractivity contribution is 0.101. The van der Waals surface area contributed by atoms with Gasteiger partial charge in [0.15, 0.2) is 0 Å². The number of nitrogens with zero attached hydrogens (tertiary/aromatic N) is 1. The van der Waals surface area contributed by atoms with E-state index in [4.69, 9.17) is 16.3 Å². The normalized spacial score (nSPS) is 11.2. The maximum atomic E-state index is 13.2. The van der Waals surface area contributed by atoms with Crippen LogP contribution in [0.5, 0.6) is 5.75 Å². The zero-order valence-corrected chi connectivity index (χ0v) is 14.6. The van der Waals surface area contributed by atoms with E-state index >= 15 is 0 Å². The zero-order valence-electron chi connectivity index (χ0n) is 13.0. The van der Waals surface area contributed by atoms with E-state index in [1.807, 2.05) is 0 Å². The summed E-state index contributed by atoms with van der Waals surface area (Å²) < 4.78 is 43.7. The second kappa shape index (κ2) is 7.19. The molecule has 0 saturated heterocycles. The van der Waals surface area contributed by atoms with Crippen LogP contribution >= 0.6 is 11.6 Å². The number of ether oxygens (including phenoxy) is 1. The fraction of sp³-hybridized carbons (Fsp3) is 0.188. The second-order valence-electron chi connectivity index (χ2n) is 4.79. The number of hydrogen-bond acceptors (Lipinski definition) is 4. The Labute approximate surface area is 144 Å². The molecule has 0 radical (unpaired) electrons. The van der Waals surface area contributed by atoms with Crippen molar-refractivity contribution in [2.75, 3.05) is 17.2 Å². The molecule has 0 saturated carbocycles. The van der Waals surface area contributed by atoms with Gasteiger partial charge in [0.1, 0.15) is 11.6 Å². The summed E-state index contributed by atoms with van der Waals surface area (Å²) in [5.74, 6) is -1.21.